The van der Waals surface area contributed by atoms with E-state index in [0.717, 1.165) is 25.1 Å². The molecule has 114 valence electrons. The van der Waals surface area contributed by atoms with Gasteiger partial charge in [0.05, 0.1) is 0 Å². The van der Waals surface area contributed by atoms with Crippen LogP contribution in [0, 0.1) is 6.92 Å². The molecule has 0 saturated carbocycles. The summed E-state index contributed by atoms with van der Waals surface area (Å²) in [5.74, 6) is 0. The molecule has 2 aromatic rings. The highest BCUT2D eigenvalue weighted by Gasteiger charge is 2.19. The first-order valence-electron chi connectivity index (χ1n) is 7.57. The maximum atomic E-state index is 10.8. The topological polar surface area (TPSA) is 58.4 Å². The summed E-state index contributed by atoms with van der Waals surface area (Å²) >= 11 is 0. The zero-order valence-corrected chi connectivity index (χ0v) is 12.8. The van der Waals surface area contributed by atoms with Gasteiger partial charge >= 0.3 is 6.03 Å². The normalized spacial score (nSPS) is 13.0. The van der Waals surface area contributed by atoms with E-state index in [1.54, 1.807) is 0 Å². The standard InChI is InChI=1S/C18H21N3O/c1-13-3-2-4-15(9-13)12-21-8-7-16-10-14(5-6-17(16)21)11-20-18(19)22/h2-6,9-10H,7-8,11-12H2,1H3,(H3,19,20,22). The molecule has 2 aromatic carbocycles. The maximum Gasteiger partial charge on any atom is 0.312 e. The van der Waals surface area contributed by atoms with Crippen LogP contribution in [-0.4, -0.2) is 12.6 Å². The molecule has 0 saturated heterocycles. The SMILES string of the molecule is Cc1cccc(CN2CCc3cc(CNC(N)=O)ccc32)c1. The fourth-order valence-electron chi connectivity index (χ4n) is 3.02. The van der Waals surface area contributed by atoms with Gasteiger partial charge in [-0.1, -0.05) is 42.0 Å². The Kier molecular flexibility index (Phi) is 4.00. The third-order valence-corrected chi connectivity index (χ3v) is 4.06. The Balaban J connectivity index is 1.73. The Hall–Kier alpha value is -2.49. The molecule has 0 unspecified atom stereocenters. The molecule has 0 radical (unpaired) electrons. The predicted molar refractivity (Wildman–Crippen MR) is 88.8 cm³/mol. The Morgan fingerprint density at radius 2 is 2.09 bits per heavy atom. The Bertz CT molecular complexity index is 696. The lowest BCUT2D eigenvalue weighted by Crippen LogP contribution is -2.28. The van der Waals surface area contributed by atoms with Gasteiger partial charge in [0, 0.05) is 25.3 Å². The van der Waals surface area contributed by atoms with Crippen molar-refractivity contribution in [2.24, 2.45) is 5.73 Å². The molecule has 2 amide bonds. The van der Waals surface area contributed by atoms with Crippen LogP contribution in [0.2, 0.25) is 0 Å². The van der Waals surface area contributed by atoms with Crippen molar-refractivity contribution in [2.45, 2.75) is 26.4 Å². The summed E-state index contributed by atoms with van der Waals surface area (Å²) in [6.07, 6.45) is 1.05. The average Bonchev–Trinajstić information content (AvgIpc) is 2.87. The monoisotopic (exact) mass is 295 g/mol. The number of hydrogen-bond donors (Lipinski definition) is 2. The minimum Gasteiger partial charge on any atom is -0.367 e. The molecule has 1 aliphatic rings. The summed E-state index contributed by atoms with van der Waals surface area (Å²) in [6, 6.07) is 14.5. The van der Waals surface area contributed by atoms with Crippen molar-refractivity contribution in [1.29, 1.82) is 0 Å². The molecule has 3 N–H and O–H groups in total. The van der Waals surface area contributed by atoms with Crippen LogP contribution in [0.5, 0.6) is 0 Å². The van der Waals surface area contributed by atoms with Crippen molar-refractivity contribution in [1.82, 2.24) is 5.32 Å². The van der Waals surface area contributed by atoms with Gasteiger partial charge < -0.3 is 16.0 Å². The number of benzene rings is 2. The number of anilines is 1. The van der Waals surface area contributed by atoms with Crippen molar-refractivity contribution < 1.29 is 4.79 Å². The third kappa shape index (κ3) is 3.22. The van der Waals surface area contributed by atoms with Crippen LogP contribution in [-0.2, 0) is 19.5 Å². The fourth-order valence-corrected chi connectivity index (χ4v) is 3.02. The van der Waals surface area contributed by atoms with E-state index in [0.29, 0.717) is 6.54 Å². The number of nitrogens with one attached hydrogen (secondary N) is 1. The lowest BCUT2D eigenvalue weighted by Gasteiger charge is -2.20. The van der Waals surface area contributed by atoms with E-state index in [9.17, 15) is 4.79 Å². The van der Waals surface area contributed by atoms with Crippen LogP contribution in [0.15, 0.2) is 42.5 Å². The molecule has 1 heterocycles. The quantitative estimate of drug-likeness (QED) is 0.911. The van der Waals surface area contributed by atoms with E-state index < -0.39 is 6.03 Å². The minimum absolute atomic E-state index is 0.485. The van der Waals surface area contributed by atoms with E-state index in [1.165, 1.54) is 22.4 Å². The van der Waals surface area contributed by atoms with Gasteiger partial charge in [-0.05, 0) is 36.1 Å². The first-order valence-corrected chi connectivity index (χ1v) is 7.57. The number of amides is 2. The first kappa shape index (κ1) is 14.4. The number of urea groups is 1. The molecule has 4 heteroatoms. The van der Waals surface area contributed by atoms with E-state index in [-0.39, 0.29) is 0 Å². The van der Waals surface area contributed by atoms with Crippen molar-refractivity contribution >= 4 is 11.7 Å². The Morgan fingerprint density at radius 1 is 1.23 bits per heavy atom. The van der Waals surface area contributed by atoms with Crippen LogP contribution in [0.3, 0.4) is 0 Å². The van der Waals surface area contributed by atoms with Crippen molar-refractivity contribution in [3.8, 4) is 0 Å². The Morgan fingerprint density at radius 3 is 2.86 bits per heavy atom. The molecule has 0 bridgehead atoms. The number of carbonyl (C=O) groups excluding carboxylic acids is 1. The molecule has 3 rings (SSSR count). The minimum atomic E-state index is -0.485. The fraction of sp³-hybridized carbons (Fsp3) is 0.278. The molecule has 0 fully saturated rings. The third-order valence-electron chi connectivity index (χ3n) is 4.06. The number of aryl methyl sites for hydroxylation is 1. The largest absolute Gasteiger partial charge is 0.367 e. The molecule has 22 heavy (non-hydrogen) atoms. The second kappa shape index (κ2) is 6.10. The number of hydrogen-bond acceptors (Lipinski definition) is 2. The van der Waals surface area contributed by atoms with E-state index in [2.05, 4.69) is 59.6 Å². The maximum absolute atomic E-state index is 10.8. The number of fused-ring (bicyclic) bond motifs is 1. The zero-order chi connectivity index (χ0) is 15.5. The smallest absolute Gasteiger partial charge is 0.312 e. The first-order chi connectivity index (χ1) is 10.6. The molecular weight excluding hydrogens is 274 g/mol. The molecule has 1 aliphatic heterocycles. The highest BCUT2D eigenvalue weighted by Crippen LogP contribution is 2.30. The average molecular weight is 295 g/mol. The van der Waals surface area contributed by atoms with Gasteiger partial charge in [-0.25, -0.2) is 4.79 Å². The van der Waals surface area contributed by atoms with Gasteiger partial charge in [-0.2, -0.15) is 0 Å². The number of nitrogens with zero attached hydrogens (tertiary/aromatic N) is 1. The van der Waals surface area contributed by atoms with Crippen molar-refractivity contribution in [2.75, 3.05) is 11.4 Å². The second-order valence-corrected chi connectivity index (χ2v) is 5.84. The van der Waals surface area contributed by atoms with Crippen LogP contribution < -0.4 is 16.0 Å². The predicted octanol–water partition coefficient (Wildman–Crippen LogP) is 2.73. The van der Waals surface area contributed by atoms with Crippen LogP contribution >= 0.6 is 0 Å². The van der Waals surface area contributed by atoms with E-state index in [1.807, 2.05) is 0 Å². The lowest BCUT2D eigenvalue weighted by atomic mass is 10.1. The van der Waals surface area contributed by atoms with Gasteiger partial charge in [0.15, 0.2) is 0 Å². The highest BCUT2D eigenvalue weighted by atomic mass is 16.2. The summed E-state index contributed by atoms with van der Waals surface area (Å²) in [6.45, 7) is 4.59. The van der Waals surface area contributed by atoms with Gasteiger partial charge in [0.25, 0.3) is 0 Å². The molecule has 0 atom stereocenters. The zero-order valence-electron chi connectivity index (χ0n) is 12.8. The number of primary amides is 1. The van der Waals surface area contributed by atoms with Crippen molar-refractivity contribution in [3.63, 3.8) is 0 Å². The summed E-state index contributed by atoms with van der Waals surface area (Å²) in [5, 5.41) is 2.64. The summed E-state index contributed by atoms with van der Waals surface area (Å²) in [7, 11) is 0. The number of carbonyl (C=O) groups is 1. The van der Waals surface area contributed by atoms with Gasteiger partial charge in [-0.15, -0.1) is 0 Å². The molecule has 0 spiro atoms. The van der Waals surface area contributed by atoms with Gasteiger partial charge in [-0.3, -0.25) is 0 Å². The van der Waals surface area contributed by atoms with Crippen LogP contribution in [0.4, 0.5) is 10.5 Å². The summed E-state index contributed by atoms with van der Waals surface area (Å²) in [4.78, 5) is 13.2. The van der Waals surface area contributed by atoms with Gasteiger partial charge in [0.2, 0.25) is 0 Å². The van der Waals surface area contributed by atoms with Crippen LogP contribution in [0.1, 0.15) is 22.3 Å². The van der Waals surface area contributed by atoms with E-state index in [4.69, 9.17) is 5.73 Å². The van der Waals surface area contributed by atoms with E-state index >= 15 is 0 Å². The molecular formula is C18H21N3O. The Labute approximate surface area is 130 Å². The molecule has 0 aliphatic carbocycles. The van der Waals surface area contributed by atoms with Crippen LogP contribution in [0.25, 0.3) is 0 Å². The lowest BCUT2D eigenvalue weighted by molar-refractivity contribution is 0.248. The number of rotatable bonds is 4. The van der Waals surface area contributed by atoms with Gasteiger partial charge in [0.1, 0.15) is 0 Å². The summed E-state index contributed by atoms with van der Waals surface area (Å²) < 4.78 is 0. The summed E-state index contributed by atoms with van der Waals surface area (Å²) in [5.41, 5.74) is 11.5. The molecule has 0 aromatic heterocycles. The van der Waals surface area contributed by atoms with Crippen molar-refractivity contribution in [3.05, 3.63) is 64.7 Å². The highest BCUT2D eigenvalue weighted by molar-refractivity contribution is 5.71. The second-order valence-electron chi connectivity index (χ2n) is 5.84. The molecule has 4 nitrogen and oxygen atoms in total. The number of nitrogens with two attached hydrogens (primary N) is 1.